The number of amides is 1. The number of hydrogen-bond acceptors (Lipinski definition) is 3. The lowest BCUT2D eigenvalue weighted by Gasteiger charge is -2.06. The van der Waals surface area contributed by atoms with Gasteiger partial charge in [-0.15, -0.1) is 0 Å². The third kappa shape index (κ3) is 2.71. The van der Waals surface area contributed by atoms with E-state index in [1.165, 1.54) is 0 Å². The lowest BCUT2D eigenvalue weighted by molar-refractivity contribution is 0.0998. The fraction of sp³-hybridized carbons (Fsp3) is 0.0625. The Kier molecular flexibility index (Phi) is 3.31. The van der Waals surface area contributed by atoms with Crippen molar-refractivity contribution in [1.82, 2.24) is 0 Å². The van der Waals surface area contributed by atoms with E-state index in [1.54, 1.807) is 24.3 Å². The largest absolute Gasteiger partial charge is 0.451 e. The fourth-order valence-corrected chi connectivity index (χ4v) is 2.30. The molecule has 0 radical (unpaired) electrons. The topological polar surface area (TPSA) is 68.3 Å². The van der Waals surface area contributed by atoms with Gasteiger partial charge in [-0.1, -0.05) is 23.7 Å². The van der Waals surface area contributed by atoms with Gasteiger partial charge >= 0.3 is 0 Å². The third-order valence-corrected chi connectivity index (χ3v) is 3.45. The Hall–Kier alpha value is -2.46. The van der Waals surface area contributed by atoms with Crippen LogP contribution in [0.2, 0.25) is 5.02 Å². The highest BCUT2D eigenvalue weighted by molar-refractivity contribution is 6.34. The van der Waals surface area contributed by atoms with Gasteiger partial charge < -0.3 is 15.5 Å². The Balaban J connectivity index is 1.89. The average molecular weight is 301 g/mol. The van der Waals surface area contributed by atoms with E-state index in [0.717, 1.165) is 10.9 Å². The Morgan fingerprint density at radius 3 is 2.76 bits per heavy atom. The number of furan rings is 1. The molecule has 0 unspecified atom stereocenters. The minimum atomic E-state index is -0.351. The quantitative estimate of drug-likeness (QED) is 0.696. The summed E-state index contributed by atoms with van der Waals surface area (Å²) in [5, 5.41) is 3.98. The second-order valence-electron chi connectivity index (χ2n) is 4.85. The molecule has 4 nitrogen and oxygen atoms in total. The van der Waals surface area contributed by atoms with Crippen molar-refractivity contribution in [2.75, 3.05) is 11.1 Å². The average Bonchev–Trinajstić information content (AvgIpc) is 2.85. The Morgan fingerprint density at radius 1 is 1.19 bits per heavy atom. The van der Waals surface area contributed by atoms with Crippen LogP contribution >= 0.6 is 11.6 Å². The first kappa shape index (κ1) is 13.5. The predicted molar refractivity (Wildman–Crippen MR) is 84.8 cm³/mol. The van der Waals surface area contributed by atoms with Crippen LogP contribution in [-0.2, 0) is 0 Å². The third-order valence-electron chi connectivity index (χ3n) is 3.14. The van der Waals surface area contributed by atoms with Gasteiger partial charge in [0.1, 0.15) is 5.58 Å². The van der Waals surface area contributed by atoms with Gasteiger partial charge in [-0.25, -0.2) is 0 Å². The number of aryl methyl sites for hydroxylation is 1. The highest BCUT2D eigenvalue weighted by Crippen LogP contribution is 2.26. The van der Waals surface area contributed by atoms with Crippen molar-refractivity contribution in [3.05, 3.63) is 58.8 Å². The van der Waals surface area contributed by atoms with Crippen molar-refractivity contribution in [3.63, 3.8) is 0 Å². The van der Waals surface area contributed by atoms with Gasteiger partial charge in [0, 0.05) is 11.1 Å². The molecule has 21 heavy (non-hydrogen) atoms. The summed E-state index contributed by atoms with van der Waals surface area (Å²) in [6.45, 7) is 1.97. The molecule has 3 rings (SSSR count). The predicted octanol–water partition coefficient (Wildman–Crippen LogP) is 4.23. The molecule has 5 heteroatoms. The number of fused-ring (bicyclic) bond motifs is 1. The minimum Gasteiger partial charge on any atom is -0.451 e. The first-order valence-corrected chi connectivity index (χ1v) is 6.77. The van der Waals surface area contributed by atoms with Crippen LogP contribution in [0.15, 0.2) is 46.9 Å². The molecular formula is C16H13ClN2O2. The first-order chi connectivity index (χ1) is 10.0. The highest BCUT2D eigenvalue weighted by Gasteiger charge is 2.14. The lowest BCUT2D eigenvalue weighted by Crippen LogP contribution is -2.11. The number of halogens is 1. The van der Waals surface area contributed by atoms with Crippen LogP contribution in [0.5, 0.6) is 0 Å². The molecule has 0 bridgehead atoms. The van der Waals surface area contributed by atoms with E-state index in [0.29, 0.717) is 22.0 Å². The zero-order valence-corrected chi connectivity index (χ0v) is 12.1. The molecule has 0 aliphatic rings. The number of hydrogen-bond donors (Lipinski definition) is 2. The molecule has 0 atom stereocenters. The van der Waals surface area contributed by atoms with Crippen LogP contribution in [0.25, 0.3) is 11.0 Å². The number of nitrogens with two attached hydrogens (primary N) is 1. The molecule has 106 valence electrons. The fourth-order valence-electron chi connectivity index (χ4n) is 2.07. The number of nitrogen functional groups attached to an aromatic ring is 1. The van der Waals surface area contributed by atoms with E-state index in [1.807, 2.05) is 25.1 Å². The van der Waals surface area contributed by atoms with E-state index in [4.69, 9.17) is 21.8 Å². The second kappa shape index (κ2) is 5.14. The van der Waals surface area contributed by atoms with Gasteiger partial charge in [0.25, 0.3) is 5.91 Å². The number of anilines is 2. The van der Waals surface area contributed by atoms with Crippen molar-refractivity contribution in [3.8, 4) is 0 Å². The number of benzene rings is 2. The molecule has 0 aliphatic heterocycles. The standard InChI is InChI=1S/C16H13ClN2O2/c1-9-2-3-10-7-15(21-14(10)6-9)16(20)19-13-5-4-11(18)8-12(13)17/h2-8H,18H2,1H3,(H,19,20). The molecule has 0 aliphatic carbocycles. The van der Waals surface area contributed by atoms with Gasteiger partial charge in [0.2, 0.25) is 0 Å². The van der Waals surface area contributed by atoms with Gasteiger partial charge in [0.05, 0.1) is 10.7 Å². The molecule has 0 fully saturated rings. The molecular weight excluding hydrogens is 288 g/mol. The smallest absolute Gasteiger partial charge is 0.291 e. The molecule has 0 spiro atoms. The van der Waals surface area contributed by atoms with Gasteiger partial charge in [-0.2, -0.15) is 0 Å². The lowest BCUT2D eigenvalue weighted by atomic mass is 10.2. The normalized spacial score (nSPS) is 10.8. The van der Waals surface area contributed by atoms with E-state index < -0.39 is 0 Å². The van der Waals surface area contributed by atoms with Crippen molar-refractivity contribution in [2.24, 2.45) is 0 Å². The monoisotopic (exact) mass is 300 g/mol. The zero-order chi connectivity index (χ0) is 15.0. The zero-order valence-electron chi connectivity index (χ0n) is 11.3. The van der Waals surface area contributed by atoms with Crippen LogP contribution in [0, 0.1) is 6.92 Å². The molecule has 0 saturated heterocycles. The molecule has 3 N–H and O–H groups in total. The maximum Gasteiger partial charge on any atom is 0.291 e. The number of nitrogens with one attached hydrogen (secondary N) is 1. The Labute approximate surface area is 126 Å². The number of carbonyl (C=O) groups is 1. The van der Waals surface area contributed by atoms with Gasteiger partial charge in [-0.3, -0.25) is 4.79 Å². The second-order valence-corrected chi connectivity index (χ2v) is 5.25. The molecule has 1 heterocycles. The van der Waals surface area contributed by atoms with E-state index in [2.05, 4.69) is 5.32 Å². The minimum absolute atomic E-state index is 0.239. The maximum atomic E-state index is 12.2. The van der Waals surface area contributed by atoms with Crippen molar-refractivity contribution >= 4 is 39.9 Å². The summed E-state index contributed by atoms with van der Waals surface area (Å²) < 4.78 is 5.57. The first-order valence-electron chi connectivity index (χ1n) is 6.39. The maximum absolute atomic E-state index is 12.2. The summed E-state index contributed by atoms with van der Waals surface area (Å²) in [6, 6.07) is 12.4. The Bertz CT molecular complexity index is 839. The van der Waals surface area contributed by atoms with E-state index in [-0.39, 0.29) is 11.7 Å². The van der Waals surface area contributed by atoms with Crippen LogP contribution in [0.3, 0.4) is 0 Å². The molecule has 2 aromatic carbocycles. The van der Waals surface area contributed by atoms with Gasteiger partial charge in [-0.05, 0) is 42.8 Å². The van der Waals surface area contributed by atoms with Crippen molar-refractivity contribution in [2.45, 2.75) is 6.92 Å². The van der Waals surface area contributed by atoms with Crippen molar-refractivity contribution in [1.29, 1.82) is 0 Å². The van der Waals surface area contributed by atoms with Gasteiger partial charge in [0.15, 0.2) is 5.76 Å². The number of rotatable bonds is 2. The Morgan fingerprint density at radius 2 is 2.00 bits per heavy atom. The number of carbonyl (C=O) groups excluding carboxylic acids is 1. The van der Waals surface area contributed by atoms with Crippen molar-refractivity contribution < 1.29 is 9.21 Å². The summed E-state index contributed by atoms with van der Waals surface area (Å²) in [5.41, 5.74) is 8.41. The van der Waals surface area contributed by atoms with E-state index >= 15 is 0 Å². The molecule has 0 saturated carbocycles. The van der Waals surface area contributed by atoms with E-state index in [9.17, 15) is 4.79 Å². The summed E-state index contributed by atoms with van der Waals surface area (Å²) >= 11 is 6.04. The highest BCUT2D eigenvalue weighted by atomic mass is 35.5. The van der Waals surface area contributed by atoms with Crippen LogP contribution < -0.4 is 11.1 Å². The summed E-state index contributed by atoms with van der Waals surface area (Å²) in [7, 11) is 0. The van der Waals surface area contributed by atoms with Crippen LogP contribution in [0.4, 0.5) is 11.4 Å². The molecule has 1 amide bonds. The summed E-state index contributed by atoms with van der Waals surface area (Å²) in [4.78, 5) is 12.2. The van der Waals surface area contributed by atoms with Crippen LogP contribution in [0.1, 0.15) is 16.1 Å². The summed E-state index contributed by atoms with van der Waals surface area (Å²) in [5.74, 6) is -0.112. The molecule has 3 aromatic rings. The molecule has 1 aromatic heterocycles. The SMILES string of the molecule is Cc1ccc2cc(C(=O)Nc3ccc(N)cc3Cl)oc2c1. The van der Waals surface area contributed by atoms with Crippen LogP contribution in [-0.4, -0.2) is 5.91 Å². The summed E-state index contributed by atoms with van der Waals surface area (Å²) in [6.07, 6.45) is 0.